The zero-order valence-electron chi connectivity index (χ0n) is 12.3. The Morgan fingerprint density at radius 1 is 1.33 bits per heavy atom. The van der Waals surface area contributed by atoms with Crippen LogP contribution in [0.15, 0.2) is 36.5 Å². The van der Waals surface area contributed by atoms with Gasteiger partial charge in [0, 0.05) is 37.9 Å². The molecule has 1 aliphatic rings. The summed E-state index contributed by atoms with van der Waals surface area (Å²) >= 11 is 0. The molecule has 1 unspecified atom stereocenters. The number of fused-ring (bicyclic) bond motifs is 1. The fourth-order valence-corrected chi connectivity index (χ4v) is 2.66. The number of carbonyl (C=O) groups is 1. The Balaban J connectivity index is 1.90. The van der Waals surface area contributed by atoms with Gasteiger partial charge in [0.1, 0.15) is 0 Å². The van der Waals surface area contributed by atoms with Crippen LogP contribution >= 0.6 is 0 Å². The van der Waals surface area contributed by atoms with Crippen LogP contribution in [0, 0.1) is 0 Å². The molecular formula is C16H19N3O2. The van der Waals surface area contributed by atoms with Crippen LogP contribution in [-0.2, 0) is 9.53 Å². The van der Waals surface area contributed by atoms with Gasteiger partial charge in [-0.1, -0.05) is 18.2 Å². The van der Waals surface area contributed by atoms with Gasteiger partial charge in [-0.05, 0) is 12.1 Å². The molecule has 1 amide bonds. The quantitative estimate of drug-likeness (QED) is 0.839. The number of hydrogen-bond donors (Lipinski definition) is 0. The van der Waals surface area contributed by atoms with E-state index in [-0.39, 0.29) is 5.91 Å². The van der Waals surface area contributed by atoms with Crippen LogP contribution in [0.2, 0.25) is 0 Å². The zero-order valence-corrected chi connectivity index (χ0v) is 12.3. The molecule has 110 valence electrons. The molecule has 21 heavy (non-hydrogen) atoms. The molecule has 0 aliphatic carbocycles. The van der Waals surface area contributed by atoms with Crippen LogP contribution in [0.3, 0.4) is 0 Å². The summed E-state index contributed by atoms with van der Waals surface area (Å²) in [5.41, 5.74) is 2.08. The summed E-state index contributed by atoms with van der Waals surface area (Å²) in [6.07, 6.45) is 1.41. The van der Waals surface area contributed by atoms with Gasteiger partial charge < -0.3 is 14.5 Å². The second-order valence-corrected chi connectivity index (χ2v) is 5.39. The fraction of sp³-hybridized carbons (Fsp3) is 0.375. The Bertz CT molecular complexity index is 652. The predicted octanol–water partition coefficient (Wildman–Crippen LogP) is 1.53. The first-order valence-corrected chi connectivity index (χ1v) is 7.08. The largest absolute Gasteiger partial charge is 0.365 e. The van der Waals surface area contributed by atoms with Gasteiger partial charge in [-0.15, -0.1) is 0 Å². The Morgan fingerprint density at radius 3 is 2.95 bits per heavy atom. The SMILES string of the molecule is CN(C)C(=O)C1CN(c2ccnc3ccccc23)CCO1. The molecule has 0 saturated carbocycles. The highest BCUT2D eigenvalue weighted by molar-refractivity contribution is 5.92. The third kappa shape index (κ3) is 2.69. The van der Waals surface area contributed by atoms with E-state index < -0.39 is 6.10 Å². The number of morpholine rings is 1. The van der Waals surface area contributed by atoms with Crippen molar-refractivity contribution in [3.05, 3.63) is 36.5 Å². The lowest BCUT2D eigenvalue weighted by molar-refractivity contribution is -0.141. The first kappa shape index (κ1) is 13.8. The van der Waals surface area contributed by atoms with E-state index in [1.807, 2.05) is 30.5 Å². The molecule has 3 rings (SSSR count). The number of likely N-dealkylation sites (N-methyl/N-ethyl adjacent to an activating group) is 1. The van der Waals surface area contributed by atoms with Gasteiger partial charge in [0.25, 0.3) is 5.91 Å². The molecule has 2 heterocycles. The van der Waals surface area contributed by atoms with Gasteiger partial charge in [0.15, 0.2) is 6.10 Å². The number of carbonyl (C=O) groups excluding carboxylic acids is 1. The Kier molecular flexibility index (Phi) is 3.75. The molecule has 0 N–H and O–H groups in total. The number of hydrogen-bond acceptors (Lipinski definition) is 4. The number of nitrogens with zero attached hydrogens (tertiary/aromatic N) is 3. The van der Waals surface area contributed by atoms with E-state index in [2.05, 4.69) is 16.0 Å². The molecule has 1 aromatic carbocycles. The lowest BCUT2D eigenvalue weighted by Crippen LogP contribution is -2.49. The van der Waals surface area contributed by atoms with Crippen LogP contribution in [-0.4, -0.2) is 55.7 Å². The first-order valence-electron chi connectivity index (χ1n) is 7.08. The Hall–Kier alpha value is -2.14. The van der Waals surface area contributed by atoms with Crippen molar-refractivity contribution in [2.75, 3.05) is 38.7 Å². The number of rotatable bonds is 2. The average Bonchev–Trinajstić information content (AvgIpc) is 2.53. The van der Waals surface area contributed by atoms with Gasteiger partial charge in [0.05, 0.1) is 18.7 Å². The smallest absolute Gasteiger partial charge is 0.253 e. The standard InChI is InChI=1S/C16H19N3O2/c1-18(2)16(20)15-11-19(9-10-21-15)14-7-8-17-13-6-4-3-5-12(13)14/h3-8,15H,9-11H2,1-2H3. The minimum absolute atomic E-state index is 0.0121. The predicted molar refractivity (Wildman–Crippen MR) is 82.4 cm³/mol. The maximum Gasteiger partial charge on any atom is 0.253 e. The van der Waals surface area contributed by atoms with Crippen LogP contribution in [0.1, 0.15) is 0 Å². The van der Waals surface area contributed by atoms with E-state index in [0.29, 0.717) is 13.2 Å². The van der Waals surface area contributed by atoms with Crippen molar-refractivity contribution < 1.29 is 9.53 Å². The Labute approximate surface area is 124 Å². The van der Waals surface area contributed by atoms with Crippen molar-refractivity contribution in [1.29, 1.82) is 0 Å². The molecule has 1 saturated heterocycles. The summed E-state index contributed by atoms with van der Waals surface area (Å²) in [5.74, 6) is 0.0121. The first-order chi connectivity index (χ1) is 10.2. The summed E-state index contributed by atoms with van der Waals surface area (Å²) in [6.45, 7) is 1.91. The van der Waals surface area contributed by atoms with Crippen molar-refractivity contribution in [1.82, 2.24) is 9.88 Å². The minimum atomic E-state index is -0.402. The van der Waals surface area contributed by atoms with Gasteiger partial charge in [0.2, 0.25) is 0 Å². The molecule has 1 fully saturated rings. The monoisotopic (exact) mass is 285 g/mol. The van der Waals surface area contributed by atoms with Crippen LogP contribution in [0.5, 0.6) is 0 Å². The molecule has 2 aromatic rings. The van der Waals surface area contributed by atoms with E-state index >= 15 is 0 Å². The summed E-state index contributed by atoms with van der Waals surface area (Å²) in [6, 6.07) is 10.1. The van der Waals surface area contributed by atoms with Gasteiger partial charge in [-0.3, -0.25) is 9.78 Å². The molecule has 1 aliphatic heterocycles. The van der Waals surface area contributed by atoms with Crippen molar-refractivity contribution in [2.45, 2.75) is 6.10 Å². The lowest BCUT2D eigenvalue weighted by atomic mass is 10.1. The van der Waals surface area contributed by atoms with Crippen molar-refractivity contribution in [3.8, 4) is 0 Å². The van der Waals surface area contributed by atoms with Gasteiger partial charge in [-0.2, -0.15) is 0 Å². The molecule has 1 aromatic heterocycles. The summed E-state index contributed by atoms with van der Waals surface area (Å²) in [7, 11) is 3.51. The topological polar surface area (TPSA) is 45.7 Å². The normalized spacial score (nSPS) is 18.8. The molecule has 1 atom stereocenters. The molecule has 5 nitrogen and oxygen atoms in total. The lowest BCUT2D eigenvalue weighted by Gasteiger charge is -2.35. The maximum atomic E-state index is 12.1. The number of ether oxygens (including phenoxy) is 1. The van der Waals surface area contributed by atoms with E-state index in [0.717, 1.165) is 23.1 Å². The van der Waals surface area contributed by atoms with E-state index in [1.54, 1.807) is 19.0 Å². The maximum absolute atomic E-state index is 12.1. The number of benzene rings is 1. The van der Waals surface area contributed by atoms with Crippen molar-refractivity contribution >= 4 is 22.5 Å². The third-order valence-electron chi connectivity index (χ3n) is 3.75. The zero-order chi connectivity index (χ0) is 14.8. The molecule has 0 bridgehead atoms. The van der Waals surface area contributed by atoms with Crippen LogP contribution in [0.25, 0.3) is 10.9 Å². The summed E-state index contributed by atoms with van der Waals surface area (Å²) < 4.78 is 5.62. The van der Waals surface area contributed by atoms with Crippen LogP contribution in [0.4, 0.5) is 5.69 Å². The van der Waals surface area contributed by atoms with Crippen LogP contribution < -0.4 is 4.90 Å². The average molecular weight is 285 g/mol. The fourth-order valence-electron chi connectivity index (χ4n) is 2.66. The number of anilines is 1. The van der Waals surface area contributed by atoms with E-state index in [9.17, 15) is 4.79 Å². The number of para-hydroxylation sites is 1. The minimum Gasteiger partial charge on any atom is -0.365 e. The molecule has 5 heteroatoms. The summed E-state index contributed by atoms with van der Waals surface area (Å²) in [4.78, 5) is 20.3. The van der Waals surface area contributed by atoms with Crippen molar-refractivity contribution in [2.24, 2.45) is 0 Å². The third-order valence-corrected chi connectivity index (χ3v) is 3.75. The highest BCUT2D eigenvalue weighted by atomic mass is 16.5. The highest BCUT2D eigenvalue weighted by Gasteiger charge is 2.28. The summed E-state index contributed by atoms with van der Waals surface area (Å²) in [5, 5.41) is 1.11. The second kappa shape index (κ2) is 5.69. The van der Waals surface area contributed by atoms with E-state index in [4.69, 9.17) is 4.74 Å². The van der Waals surface area contributed by atoms with Crippen molar-refractivity contribution in [3.63, 3.8) is 0 Å². The van der Waals surface area contributed by atoms with E-state index in [1.165, 1.54) is 0 Å². The molecule has 0 radical (unpaired) electrons. The van der Waals surface area contributed by atoms with Gasteiger partial charge in [-0.25, -0.2) is 0 Å². The van der Waals surface area contributed by atoms with Gasteiger partial charge >= 0.3 is 0 Å². The Morgan fingerprint density at radius 2 is 2.14 bits per heavy atom. The number of amides is 1. The number of pyridine rings is 1. The highest BCUT2D eigenvalue weighted by Crippen LogP contribution is 2.26. The molecular weight excluding hydrogens is 266 g/mol. The second-order valence-electron chi connectivity index (χ2n) is 5.39. The number of aromatic nitrogens is 1. The molecule has 0 spiro atoms.